The smallest absolute Gasteiger partial charge is 0.197 e. The number of fused-ring (bicyclic) bond motifs is 1. The molecule has 15 heavy (non-hydrogen) atoms. The minimum absolute atomic E-state index is 0.0175. The van der Waals surface area contributed by atoms with Crippen molar-refractivity contribution in [2.75, 3.05) is 13.6 Å². The summed E-state index contributed by atoms with van der Waals surface area (Å²) in [7, 11) is 1.74. The number of Topliss-reactive ketones (excluding diaryl/α,β-unsaturated/α-hetero) is 1. The first kappa shape index (κ1) is 9.79. The van der Waals surface area contributed by atoms with Crippen LogP contribution in [-0.2, 0) is 0 Å². The Hall–Kier alpha value is -1.75. The van der Waals surface area contributed by atoms with Crippen LogP contribution in [0.5, 0.6) is 0 Å². The Morgan fingerprint density at radius 3 is 3.13 bits per heavy atom. The topological polar surface area (TPSA) is 59.3 Å². The van der Waals surface area contributed by atoms with Crippen molar-refractivity contribution in [3.8, 4) is 0 Å². The van der Waals surface area contributed by atoms with E-state index in [1.54, 1.807) is 25.6 Å². The van der Waals surface area contributed by atoms with Crippen molar-refractivity contribution in [1.82, 2.24) is 19.7 Å². The molecule has 0 radical (unpaired) electrons. The maximum absolute atomic E-state index is 11.7. The molecule has 2 rings (SSSR count). The molecule has 0 amide bonds. The highest BCUT2D eigenvalue weighted by Gasteiger charge is 2.14. The summed E-state index contributed by atoms with van der Waals surface area (Å²) in [5.41, 5.74) is 1.24. The molecule has 0 saturated heterocycles. The predicted octanol–water partition coefficient (Wildman–Crippen LogP) is 0.440. The van der Waals surface area contributed by atoms with Crippen LogP contribution in [0.4, 0.5) is 0 Å². The Morgan fingerprint density at radius 1 is 1.60 bits per heavy atom. The summed E-state index contributed by atoms with van der Waals surface area (Å²) in [6.07, 6.45) is 5.13. The van der Waals surface area contributed by atoms with Gasteiger partial charge in [-0.15, -0.1) is 0 Å². The molecule has 0 aliphatic heterocycles. The first-order chi connectivity index (χ1) is 7.24. The van der Waals surface area contributed by atoms with Crippen molar-refractivity contribution in [3.63, 3.8) is 0 Å². The van der Waals surface area contributed by atoms with E-state index in [1.807, 2.05) is 11.3 Å². The maximum Gasteiger partial charge on any atom is 0.197 e. The number of imidazole rings is 1. The van der Waals surface area contributed by atoms with Crippen molar-refractivity contribution in [2.24, 2.45) is 0 Å². The Balaban J connectivity index is 2.57. The number of aromatic nitrogens is 3. The molecule has 5 nitrogen and oxygen atoms in total. The lowest BCUT2D eigenvalue weighted by atomic mass is 10.2. The number of nitrogens with zero attached hydrogens (tertiary/aromatic N) is 3. The van der Waals surface area contributed by atoms with Crippen LogP contribution in [-0.4, -0.2) is 33.7 Å². The fourth-order valence-electron chi connectivity index (χ4n) is 1.54. The Kier molecular flexibility index (Phi) is 2.47. The van der Waals surface area contributed by atoms with Gasteiger partial charge in [0.05, 0.1) is 18.3 Å². The number of rotatable bonds is 3. The third-order valence-electron chi connectivity index (χ3n) is 2.22. The Bertz CT molecular complexity index is 503. The summed E-state index contributed by atoms with van der Waals surface area (Å²) in [5, 5.41) is 2.82. The van der Waals surface area contributed by atoms with Gasteiger partial charge in [-0.3, -0.25) is 9.78 Å². The van der Waals surface area contributed by atoms with E-state index in [-0.39, 0.29) is 5.78 Å². The van der Waals surface area contributed by atoms with Gasteiger partial charge in [-0.25, -0.2) is 4.98 Å². The number of nitrogens with one attached hydrogen (secondary N) is 1. The first-order valence-electron chi connectivity index (χ1n) is 4.70. The van der Waals surface area contributed by atoms with Crippen molar-refractivity contribution in [2.45, 2.75) is 6.92 Å². The molecule has 0 fully saturated rings. The van der Waals surface area contributed by atoms with E-state index < -0.39 is 0 Å². The number of hydrogen-bond donors (Lipinski definition) is 1. The van der Waals surface area contributed by atoms with Gasteiger partial charge in [-0.2, -0.15) is 0 Å². The normalized spacial score (nSPS) is 10.8. The minimum Gasteiger partial charge on any atom is -0.313 e. The lowest BCUT2D eigenvalue weighted by Crippen LogP contribution is -2.19. The van der Waals surface area contributed by atoms with Crippen LogP contribution in [0.3, 0.4) is 0 Å². The fraction of sp³-hybridized carbons (Fsp3) is 0.300. The van der Waals surface area contributed by atoms with Gasteiger partial charge in [-0.05, 0) is 14.0 Å². The Labute approximate surface area is 87.2 Å². The highest BCUT2D eigenvalue weighted by molar-refractivity contribution is 6.01. The minimum atomic E-state index is -0.0175. The van der Waals surface area contributed by atoms with Gasteiger partial charge in [0, 0.05) is 12.4 Å². The van der Waals surface area contributed by atoms with E-state index >= 15 is 0 Å². The van der Waals surface area contributed by atoms with Crippen molar-refractivity contribution in [3.05, 3.63) is 30.1 Å². The number of likely N-dealkylation sites (N-methyl/N-ethyl adjacent to an activating group) is 1. The lowest BCUT2D eigenvalue weighted by Gasteiger charge is -1.96. The molecule has 78 valence electrons. The maximum atomic E-state index is 11.7. The van der Waals surface area contributed by atoms with Gasteiger partial charge < -0.3 is 9.72 Å². The van der Waals surface area contributed by atoms with E-state index in [1.165, 1.54) is 0 Å². The van der Waals surface area contributed by atoms with Crippen LogP contribution in [0.15, 0.2) is 18.6 Å². The van der Waals surface area contributed by atoms with Crippen LogP contribution in [0.1, 0.15) is 16.3 Å². The highest BCUT2D eigenvalue weighted by atomic mass is 16.1. The second-order valence-electron chi connectivity index (χ2n) is 3.29. The number of carbonyl (C=O) groups is 1. The zero-order valence-electron chi connectivity index (χ0n) is 8.69. The summed E-state index contributed by atoms with van der Waals surface area (Å²) in [6.45, 7) is 2.16. The van der Waals surface area contributed by atoms with Crippen molar-refractivity contribution < 1.29 is 4.79 Å². The SMILES string of the molecule is CNCC(=O)c1nc(C)n2ccncc12. The Morgan fingerprint density at radius 2 is 2.40 bits per heavy atom. The molecule has 0 aromatic carbocycles. The van der Waals surface area contributed by atoms with Gasteiger partial charge in [0.25, 0.3) is 0 Å². The summed E-state index contributed by atoms with van der Waals surface area (Å²) >= 11 is 0. The van der Waals surface area contributed by atoms with E-state index in [0.717, 1.165) is 11.3 Å². The van der Waals surface area contributed by atoms with E-state index in [9.17, 15) is 4.79 Å². The molecule has 2 heterocycles. The zero-order chi connectivity index (χ0) is 10.8. The molecule has 0 aliphatic rings. The molecule has 0 spiro atoms. The molecule has 0 atom stereocenters. The van der Waals surface area contributed by atoms with Crippen molar-refractivity contribution >= 4 is 11.3 Å². The molecule has 0 saturated carbocycles. The quantitative estimate of drug-likeness (QED) is 0.737. The summed E-state index contributed by atoms with van der Waals surface area (Å²) < 4.78 is 1.86. The monoisotopic (exact) mass is 204 g/mol. The van der Waals surface area contributed by atoms with Gasteiger partial charge in [-0.1, -0.05) is 0 Å². The third kappa shape index (κ3) is 1.61. The summed E-state index contributed by atoms with van der Waals surface area (Å²) in [5.74, 6) is 0.781. The van der Waals surface area contributed by atoms with E-state index in [0.29, 0.717) is 12.2 Å². The van der Waals surface area contributed by atoms with Crippen molar-refractivity contribution in [1.29, 1.82) is 0 Å². The van der Waals surface area contributed by atoms with Crippen LogP contribution in [0.2, 0.25) is 0 Å². The number of carbonyl (C=O) groups excluding carboxylic acids is 1. The largest absolute Gasteiger partial charge is 0.313 e. The van der Waals surface area contributed by atoms with Gasteiger partial charge in [0.2, 0.25) is 0 Å². The van der Waals surface area contributed by atoms with E-state index in [4.69, 9.17) is 0 Å². The molecular weight excluding hydrogens is 192 g/mol. The molecular formula is C10H12N4O. The molecule has 0 bridgehead atoms. The highest BCUT2D eigenvalue weighted by Crippen LogP contribution is 2.11. The van der Waals surface area contributed by atoms with E-state index in [2.05, 4.69) is 15.3 Å². The third-order valence-corrected chi connectivity index (χ3v) is 2.22. The van der Waals surface area contributed by atoms with Crippen LogP contribution in [0.25, 0.3) is 5.52 Å². The van der Waals surface area contributed by atoms with Gasteiger partial charge in [0.15, 0.2) is 5.78 Å². The van der Waals surface area contributed by atoms with Crippen LogP contribution >= 0.6 is 0 Å². The number of aryl methyl sites for hydroxylation is 1. The molecule has 2 aromatic heterocycles. The van der Waals surface area contributed by atoms with Gasteiger partial charge in [0.1, 0.15) is 11.5 Å². The number of ketones is 1. The molecule has 2 aromatic rings. The molecule has 0 aliphatic carbocycles. The average Bonchev–Trinajstić information content (AvgIpc) is 2.58. The molecule has 1 N–H and O–H groups in total. The molecule has 5 heteroatoms. The zero-order valence-corrected chi connectivity index (χ0v) is 8.69. The standard InChI is InChI=1S/C10H12N4O/c1-7-13-10(9(15)6-11-2)8-5-12-3-4-14(7)8/h3-5,11H,6H2,1-2H3. The van der Waals surface area contributed by atoms with Crippen LogP contribution < -0.4 is 5.32 Å². The second-order valence-corrected chi connectivity index (χ2v) is 3.29. The number of hydrogen-bond acceptors (Lipinski definition) is 4. The predicted molar refractivity (Wildman–Crippen MR) is 56.0 cm³/mol. The second kappa shape index (κ2) is 3.78. The van der Waals surface area contributed by atoms with Gasteiger partial charge >= 0.3 is 0 Å². The fourth-order valence-corrected chi connectivity index (χ4v) is 1.54. The lowest BCUT2D eigenvalue weighted by molar-refractivity contribution is 0.0991. The average molecular weight is 204 g/mol. The summed E-state index contributed by atoms with van der Waals surface area (Å²) in [4.78, 5) is 19.9. The summed E-state index contributed by atoms with van der Waals surface area (Å²) in [6, 6.07) is 0. The molecule has 0 unspecified atom stereocenters. The van der Waals surface area contributed by atoms with Crippen LogP contribution in [0, 0.1) is 6.92 Å². The first-order valence-corrected chi connectivity index (χ1v) is 4.70.